The van der Waals surface area contributed by atoms with Gasteiger partial charge in [-0.1, -0.05) is 12.2 Å². The molecule has 0 fully saturated rings. The molecule has 0 bridgehead atoms. The van der Waals surface area contributed by atoms with E-state index >= 15 is 0 Å². The molecule has 76 valence electrons. The Hall–Kier alpha value is -0.670. The van der Waals surface area contributed by atoms with Gasteiger partial charge in [-0.25, -0.2) is 0 Å². The van der Waals surface area contributed by atoms with Gasteiger partial charge in [0, 0.05) is 19.0 Å². The van der Waals surface area contributed by atoms with E-state index in [9.17, 15) is 4.79 Å². The molecule has 0 radical (unpaired) electrons. The summed E-state index contributed by atoms with van der Waals surface area (Å²) in [5, 5.41) is 6.03. The molecule has 3 nitrogen and oxygen atoms in total. The Morgan fingerprint density at radius 3 is 2.46 bits per heavy atom. The van der Waals surface area contributed by atoms with Gasteiger partial charge in [-0.15, -0.1) is 0 Å². The molecule has 2 N–H and O–H groups in total. The molecular weight excluding hydrogens is 164 g/mol. The van der Waals surface area contributed by atoms with Crippen LogP contribution in [0.1, 0.15) is 13.3 Å². The smallest absolute Gasteiger partial charge is 0.134 e. The summed E-state index contributed by atoms with van der Waals surface area (Å²) in [5.74, 6) is 0.376. The van der Waals surface area contributed by atoms with Crippen molar-refractivity contribution < 1.29 is 4.79 Å². The van der Waals surface area contributed by atoms with Crippen molar-refractivity contribution in [3.05, 3.63) is 12.2 Å². The van der Waals surface area contributed by atoms with Crippen LogP contribution in [0.4, 0.5) is 0 Å². The summed E-state index contributed by atoms with van der Waals surface area (Å²) in [4.78, 5) is 11.1. The average Bonchev–Trinajstić information content (AvgIpc) is 2.10. The molecule has 13 heavy (non-hydrogen) atoms. The van der Waals surface area contributed by atoms with Crippen LogP contribution in [0, 0.1) is 5.92 Å². The summed E-state index contributed by atoms with van der Waals surface area (Å²) in [6.45, 7) is 3.28. The molecule has 1 atom stereocenters. The number of Topliss-reactive ketones (excluding diaryl/α,β-unsaturated/α-hetero) is 1. The van der Waals surface area contributed by atoms with Crippen molar-refractivity contribution in [2.75, 3.05) is 27.2 Å². The van der Waals surface area contributed by atoms with Crippen LogP contribution in [-0.2, 0) is 4.79 Å². The van der Waals surface area contributed by atoms with Crippen LogP contribution in [-0.4, -0.2) is 33.0 Å². The molecule has 3 heteroatoms. The van der Waals surface area contributed by atoms with E-state index in [-0.39, 0.29) is 11.7 Å². The minimum absolute atomic E-state index is 0.123. The van der Waals surface area contributed by atoms with Crippen molar-refractivity contribution >= 4 is 5.78 Å². The summed E-state index contributed by atoms with van der Waals surface area (Å²) in [6, 6.07) is 0. The molecule has 0 aliphatic rings. The summed E-state index contributed by atoms with van der Waals surface area (Å²) in [6.07, 6.45) is 4.93. The lowest BCUT2D eigenvalue weighted by atomic mass is 10.0. The fourth-order valence-corrected chi connectivity index (χ4v) is 1.10. The maximum Gasteiger partial charge on any atom is 0.134 e. The lowest BCUT2D eigenvalue weighted by molar-refractivity contribution is -0.120. The summed E-state index contributed by atoms with van der Waals surface area (Å²) in [5.41, 5.74) is 0. The Morgan fingerprint density at radius 2 is 2.00 bits per heavy atom. The van der Waals surface area contributed by atoms with Gasteiger partial charge in [0.1, 0.15) is 5.78 Å². The number of hydrogen-bond donors (Lipinski definition) is 2. The second-order valence-electron chi connectivity index (χ2n) is 3.13. The van der Waals surface area contributed by atoms with Crippen molar-refractivity contribution in [1.82, 2.24) is 10.6 Å². The average molecular weight is 184 g/mol. The van der Waals surface area contributed by atoms with E-state index in [4.69, 9.17) is 0 Å². The predicted molar refractivity (Wildman–Crippen MR) is 55.8 cm³/mol. The first-order valence-corrected chi connectivity index (χ1v) is 4.67. The monoisotopic (exact) mass is 184 g/mol. The molecule has 0 spiro atoms. The fraction of sp³-hybridized carbons (Fsp3) is 0.700. The summed E-state index contributed by atoms with van der Waals surface area (Å²) < 4.78 is 0. The minimum Gasteiger partial charge on any atom is -0.319 e. The van der Waals surface area contributed by atoms with Gasteiger partial charge in [-0.05, 0) is 27.4 Å². The third-order valence-electron chi connectivity index (χ3n) is 1.93. The van der Waals surface area contributed by atoms with Gasteiger partial charge in [0.25, 0.3) is 0 Å². The van der Waals surface area contributed by atoms with Crippen LogP contribution < -0.4 is 10.6 Å². The van der Waals surface area contributed by atoms with Crippen LogP contribution in [0.2, 0.25) is 0 Å². The van der Waals surface area contributed by atoms with E-state index in [1.54, 1.807) is 6.92 Å². The predicted octanol–water partition coefficient (Wildman–Crippen LogP) is 0.577. The lowest BCUT2D eigenvalue weighted by Crippen LogP contribution is -2.24. The molecule has 0 aromatic rings. The highest BCUT2D eigenvalue weighted by Gasteiger charge is 2.10. The second-order valence-corrected chi connectivity index (χ2v) is 3.13. The summed E-state index contributed by atoms with van der Waals surface area (Å²) >= 11 is 0. The third kappa shape index (κ3) is 6.49. The number of likely N-dealkylation sites (N-methyl/N-ethyl adjacent to an activating group) is 1. The highest BCUT2D eigenvalue weighted by molar-refractivity contribution is 5.78. The van der Waals surface area contributed by atoms with Crippen molar-refractivity contribution in [2.45, 2.75) is 13.3 Å². The molecule has 0 unspecified atom stereocenters. The van der Waals surface area contributed by atoms with Crippen molar-refractivity contribution in [2.24, 2.45) is 5.92 Å². The van der Waals surface area contributed by atoms with Gasteiger partial charge in [0.05, 0.1) is 0 Å². The molecule has 0 saturated heterocycles. The first kappa shape index (κ1) is 12.3. The van der Waals surface area contributed by atoms with Crippen LogP contribution in [0.3, 0.4) is 0 Å². The Bertz CT molecular complexity index is 166. The quantitative estimate of drug-likeness (QED) is 0.569. The van der Waals surface area contributed by atoms with Crippen LogP contribution >= 0.6 is 0 Å². The summed E-state index contributed by atoms with van der Waals surface area (Å²) in [7, 11) is 3.77. The van der Waals surface area contributed by atoms with Gasteiger partial charge in [-0.3, -0.25) is 4.79 Å². The number of nitrogens with one attached hydrogen (secondary N) is 2. The van der Waals surface area contributed by atoms with Crippen LogP contribution in [0.5, 0.6) is 0 Å². The Labute approximate surface area is 80.6 Å². The molecule has 0 aromatic carbocycles. The van der Waals surface area contributed by atoms with Crippen LogP contribution in [0.25, 0.3) is 0 Å². The van der Waals surface area contributed by atoms with Crippen molar-refractivity contribution in [3.63, 3.8) is 0 Å². The fourth-order valence-electron chi connectivity index (χ4n) is 1.10. The zero-order valence-corrected chi connectivity index (χ0v) is 8.76. The first-order chi connectivity index (χ1) is 6.22. The lowest BCUT2D eigenvalue weighted by Gasteiger charge is -2.09. The van der Waals surface area contributed by atoms with Gasteiger partial charge in [-0.2, -0.15) is 0 Å². The SMILES string of the molecule is CNC/C=C/C[C@H](CNC)C(C)=O. The number of allylic oxidation sites excluding steroid dienone is 1. The van der Waals surface area contributed by atoms with E-state index in [2.05, 4.69) is 16.7 Å². The molecule has 0 aliphatic heterocycles. The number of rotatable bonds is 7. The highest BCUT2D eigenvalue weighted by atomic mass is 16.1. The molecule has 0 aromatic heterocycles. The number of hydrogen-bond acceptors (Lipinski definition) is 3. The zero-order chi connectivity index (χ0) is 10.1. The highest BCUT2D eigenvalue weighted by Crippen LogP contribution is 2.03. The van der Waals surface area contributed by atoms with Gasteiger partial charge < -0.3 is 10.6 Å². The molecule has 0 saturated carbocycles. The Morgan fingerprint density at radius 1 is 1.31 bits per heavy atom. The third-order valence-corrected chi connectivity index (χ3v) is 1.93. The Kier molecular flexibility index (Phi) is 7.54. The van der Waals surface area contributed by atoms with E-state index in [1.165, 1.54) is 0 Å². The van der Waals surface area contributed by atoms with Gasteiger partial charge in [0.2, 0.25) is 0 Å². The van der Waals surface area contributed by atoms with E-state index in [1.807, 2.05) is 20.2 Å². The van der Waals surface area contributed by atoms with Gasteiger partial charge >= 0.3 is 0 Å². The zero-order valence-electron chi connectivity index (χ0n) is 8.76. The maximum atomic E-state index is 11.1. The van der Waals surface area contributed by atoms with Crippen LogP contribution in [0.15, 0.2) is 12.2 Å². The molecule has 0 heterocycles. The van der Waals surface area contributed by atoms with E-state index in [0.717, 1.165) is 19.5 Å². The molecule has 0 aliphatic carbocycles. The van der Waals surface area contributed by atoms with Gasteiger partial charge in [0.15, 0.2) is 0 Å². The molecule has 0 amide bonds. The van der Waals surface area contributed by atoms with E-state index < -0.39 is 0 Å². The maximum absolute atomic E-state index is 11.1. The Balaban J connectivity index is 3.75. The first-order valence-electron chi connectivity index (χ1n) is 4.67. The van der Waals surface area contributed by atoms with Crippen molar-refractivity contribution in [1.29, 1.82) is 0 Å². The van der Waals surface area contributed by atoms with Crippen molar-refractivity contribution in [3.8, 4) is 0 Å². The standard InChI is InChI=1S/C10H20N2O/c1-9(13)10(8-12-3)6-4-5-7-11-2/h4-5,10-12H,6-8H2,1-3H3/b5-4+/t10-/m1/s1. The second kappa shape index (κ2) is 7.95. The number of ketones is 1. The number of carbonyl (C=O) groups excluding carboxylic acids is 1. The van der Waals surface area contributed by atoms with E-state index in [0.29, 0.717) is 0 Å². The molecule has 0 rings (SSSR count). The number of carbonyl (C=O) groups is 1. The molecular formula is C10H20N2O. The normalized spacial score (nSPS) is 13.5. The topological polar surface area (TPSA) is 41.1 Å². The minimum atomic E-state index is 0.123. The largest absolute Gasteiger partial charge is 0.319 e.